The number of rotatable bonds is 4. The van der Waals surface area contributed by atoms with Crippen LogP contribution in [0.1, 0.15) is 12.7 Å². The summed E-state index contributed by atoms with van der Waals surface area (Å²) in [6.45, 7) is 1.92. The van der Waals surface area contributed by atoms with Crippen molar-refractivity contribution in [2.24, 2.45) is 0 Å². The Labute approximate surface area is 103 Å². The first-order valence-electron chi connectivity index (χ1n) is 5.29. The molecule has 0 aliphatic rings. The molecule has 0 aliphatic heterocycles. The molecule has 5 nitrogen and oxygen atoms in total. The molecule has 0 spiro atoms. The Kier molecular flexibility index (Phi) is 3.23. The predicted octanol–water partition coefficient (Wildman–Crippen LogP) is 1.77. The number of carbonyl (C=O) groups is 1. The fraction of sp³-hybridized carbons (Fsp3) is 0.364. The maximum absolute atomic E-state index is 10.7. The van der Waals surface area contributed by atoms with Crippen molar-refractivity contribution in [2.45, 2.75) is 13.3 Å². The summed E-state index contributed by atoms with van der Waals surface area (Å²) in [6.07, 6.45) is 0.738. The topological polar surface area (TPSA) is 66.3 Å². The van der Waals surface area contributed by atoms with E-state index in [1.54, 1.807) is 23.3 Å². The van der Waals surface area contributed by atoms with Gasteiger partial charge >= 0.3 is 5.97 Å². The number of aromatic nitrogens is 2. The van der Waals surface area contributed by atoms with Gasteiger partial charge < -0.3 is 10.0 Å². The number of nitrogens with zero attached hydrogens (tertiary/aromatic N) is 3. The molecular weight excluding hydrogens is 238 g/mol. The van der Waals surface area contributed by atoms with Crippen LogP contribution in [0, 0.1) is 0 Å². The number of carboxylic acids is 1. The average molecular weight is 251 g/mol. The fourth-order valence-corrected chi connectivity index (χ4v) is 2.39. The first-order valence-corrected chi connectivity index (χ1v) is 6.16. The Morgan fingerprint density at radius 2 is 2.29 bits per heavy atom. The minimum atomic E-state index is -0.868. The third-order valence-electron chi connectivity index (χ3n) is 2.40. The van der Waals surface area contributed by atoms with E-state index in [0.29, 0.717) is 5.82 Å². The Bertz CT molecular complexity index is 553. The number of anilines is 1. The van der Waals surface area contributed by atoms with E-state index in [-0.39, 0.29) is 6.54 Å². The van der Waals surface area contributed by atoms with Crippen LogP contribution in [0.4, 0.5) is 5.82 Å². The average Bonchev–Trinajstić information content (AvgIpc) is 2.74. The van der Waals surface area contributed by atoms with Crippen LogP contribution in [0.5, 0.6) is 0 Å². The number of aliphatic carboxylic acids is 1. The van der Waals surface area contributed by atoms with Gasteiger partial charge in [0.05, 0.1) is 5.39 Å². The molecule has 0 saturated heterocycles. The minimum Gasteiger partial charge on any atom is -0.480 e. The highest BCUT2D eigenvalue weighted by molar-refractivity contribution is 7.16. The summed E-state index contributed by atoms with van der Waals surface area (Å²) in [5.74, 6) is 0.565. The van der Waals surface area contributed by atoms with Crippen molar-refractivity contribution >= 4 is 33.3 Å². The number of likely N-dealkylation sites (N-methyl/N-ethyl adjacent to an activating group) is 1. The summed E-state index contributed by atoms with van der Waals surface area (Å²) >= 11 is 1.54. The molecule has 17 heavy (non-hydrogen) atoms. The zero-order valence-electron chi connectivity index (χ0n) is 9.67. The quantitative estimate of drug-likeness (QED) is 0.897. The number of aryl methyl sites for hydroxylation is 1. The van der Waals surface area contributed by atoms with E-state index in [0.717, 1.165) is 22.5 Å². The molecule has 0 saturated carbocycles. The molecule has 2 aromatic rings. The van der Waals surface area contributed by atoms with Crippen LogP contribution in [0.3, 0.4) is 0 Å². The van der Waals surface area contributed by atoms with E-state index in [1.807, 2.05) is 18.4 Å². The van der Waals surface area contributed by atoms with Gasteiger partial charge in [0.1, 0.15) is 23.0 Å². The van der Waals surface area contributed by atoms with Crippen molar-refractivity contribution in [1.82, 2.24) is 9.97 Å². The maximum Gasteiger partial charge on any atom is 0.323 e. The summed E-state index contributed by atoms with van der Waals surface area (Å²) in [4.78, 5) is 22.1. The summed E-state index contributed by atoms with van der Waals surface area (Å²) < 4.78 is 0. The number of hydrogen-bond acceptors (Lipinski definition) is 5. The summed E-state index contributed by atoms with van der Waals surface area (Å²) in [5.41, 5.74) is 0. The second-order valence-corrected chi connectivity index (χ2v) is 4.60. The van der Waals surface area contributed by atoms with Crippen molar-refractivity contribution in [3.05, 3.63) is 17.3 Å². The third-order valence-corrected chi connectivity index (χ3v) is 3.21. The van der Waals surface area contributed by atoms with E-state index in [9.17, 15) is 4.79 Å². The molecule has 1 N–H and O–H groups in total. The molecule has 2 rings (SSSR count). The van der Waals surface area contributed by atoms with E-state index >= 15 is 0 Å². The normalized spacial score (nSPS) is 10.7. The number of thiophene rings is 1. The highest BCUT2D eigenvalue weighted by Gasteiger charge is 2.13. The highest BCUT2D eigenvalue weighted by atomic mass is 32.1. The lowest BCUT2D eigenvalue weighted by molar-refractivity contribution is -0.135. The number of hydrogen-bond donors (Lipinski definition) is 1. The van der Waals surface area contributed by atoms with Crippen LogP contribution in [0.15, 0.2) is 11.4 Å². The largest absolute Gasteiger partial charge is 0.480 e. The van der Waals surface area contributed by atoms with Gasteiger partial charge in [0, 0.05) is 13.5 Å². The second-order valence-electron chi connectivity index (χ2n) is 3.71. The van der Waals surface area contributed by atoms with Crippen molar-refractivity contribution in [1.29, 1.82) is 0 Å². The monoisotopic (exact) mass is 251 g/mol. The van der Waals surface area contributed by atoms with Crippen LogP contribution in [-0.2, 0) is 11.2 Å². The smallest absolute Gasteiger partial charge is 0.323 e. The van der Waals surface area contributed by atoms with E-state index in [2.05, 4.69) is 9.97 Å². The van der Waals surface area contributed by atoms with Gasteiger partial charge in [0.25, 0.3) is 0 Å². The van der Waals surface area contributed by atoms with E-state index < -0.39 is 5.97 Å². The second kappa shape index (κ2) is 4.67. The van der Waals surface area contributed by atoms with Gasteiger partial charge in [-0.3, -0.25) is 4.79 Å². The predicted molar refractivity (Wildman–Crippen MR) is 67.7 cm³/mol. The lowest BCUT2D eigenvalue weighted by Gasteiger charge is -2.17. The fourth-order valence-electron chi connectivity index (χ4n) is 1.61. The van der Waals surface area contributed by atoms with Gasteiger partial charge in [-0.15, -0.1) is 11.3 Å². The Hall–Kier alpha value is -1.69. The molecule has 0 aliphatic carbocycles. The molecular formula is C11H13N3O2S. The van der Waals surface area contributed by atoms with Crippen molar-refractivity contribution in [3.8, 4) is 0 Å². The van der Waals surface area contributed by atoms with Gasteiger partial charge in [0.15, 0.2) is 0 Å². The zero-order valence-corrected chi connectivity index (χ0v) is 10.5. The molecule has 90 valence electrons. The van der Waals surface area contributed by atoms with Crippen molar-refractivity contribution < 1.29 is 9.90 Å². The summed E-state index contributed by atoms with van der Waals surface area (Å²) in [5, 5.41) is 11.7. The molecule has 0 aromatic carbocycles. The molecule has 0 amide bonds. The SMILES string of the molecule is CCc1nc(N(C)CC(=O)O)c2ccsc2n1. The minimum absolute atomic E-state index is 0.0644. The summed E-state index contributed by atoms with van der Waals surface area (Å²) in [7, 11) is 1.73. The van der Waals surface area contributed by atoms with Gasteiger partial charge in [-0.1, -0.05) is 6.92 Å². The van der Waals surface area contributed by atoms with Crippen LogP contribution in [-0.4, -0.2) is 34.6 Å². The van der Waals surface area contributed by atoms with Gasteiger partial charge in [-0.05, 0) is 11.4 Å². The van der Waals surface area contributed by atoms with E-state index in [4.69, 9.17) is 5.11 Å². The lowest BCUT2D eigenvalue weighted by Crippen LogP contribution is -2.26. The first kappa shape index (κ1) is 11.8. The van der Waals surface area contributed by atoms with Gasteiger partial charge in [0.2, 0.25) is 0 Å². The Morgan fingerprint density at radius 1 is 1.53 bits per heavy atom. The van der Waals surface area contributed by atoms with Crippen LogP contribution < -0.4 is 4.90 Å². The number of carboxylic acid groups (broad SMARTS) is 1. The molecule has 0 fully saturated rings. The Morgan fingerprint density at radius 3 is 2.94 bits per heavy atom. The van der Waals surface area contributed by atoms with Crippen LogP contribution in [0.2, 0.25) is 0 Å². The standard InChI is InChI=1S/C11H13N3O2S/c1-3-8-12-10(14(2)6-9(15)16)7-4-5-17-11(7)13-8/h4-5H,3,6H2,1-2H3,(H,15,16). The lowest BCUT2D eigenvalue weighted by atomic mass is 10.3. The first-order chi connectivity index (χ1) is 8.11. The zero-order chi connectivity index (χ0) is 12.4. The molecule has 2 aromatic heterocycles. The van der Waals surface area contributed by atoms with E-state index in [1.165, 1.54) is 0 Å². The third kappa shape index (κ3) is 2.36. The molecule has 0 atom stereocenters. The molecule has 6 heteroatoms. The van der Waals surface area contributed by atoms with Crippen molar-refractivity contribution in [3.63, 3.8) is 0 Å². The number of fused-ring (bicyclic) bond motifs is 1. The van der Waals surface area contributed by atoms with Gasteiger partial charge in [-0.25, -0.2) is 9.97 Å². The maximum atomic E-state index is 10.7. The molecule has 0 radical (unpaired) electrons. The van der Waals surface area contributed by atoms with Crippen molar-refractivity contribution in [2.75, 3.05) is 18.5 Å². The molecule has 0 bridgehead atoms. The van der Waals surface area contributed by atoms with Crippen LogP contribution in [0.25, 0.3) is 10.2 Å². The highest BCUT2D eigenvalue weighted by Crippen LogP contribution is 2.27. The van der Waals surface area contributed by atoms with Crippen LogP contribution >= 0.6 is 11.3 Å². The summed E-state index contributed by atoms with van der Waals surface area (Å²) in [6, 6.07) is 1.92. The molecule has 2 heterocycles. The molecule has 0 unspecified atom stereocenters. The van der Waals surface area contributed by atoms with Gasteiger partial charge in [-0.2, -0.15) is 0 Å². The Balaban J connectivity index is 2.49.